The molecule has 7 aliphatic heterocycles. The van der Waals surface area contributed by atoms with Gasteiger partial charge in [-0.2, -0.15) is 0 Å². The topological polar surface area (TPSA) is 551 Å². The molecule has 3 unspecified atom stereocenters. The average Bonchev–Trinajstić information content (AvgIpc) is 1.14. The Kier molecular flexibility index (Phi) is 23.3. The molecule has 7 heterocycles. The van der Waals surface area contributed by atoms with Crippen molar-refractivity contribution >= 4 is 5.97 Å². The fourth-order valence-electron chi connectivity index (χ4n) is 20.0. The summed E-state index contributed by atoms with van der Waals surface area (Å²) in [5.41, 5.74) is -7.80. The predicted octanol–water partition coefficient (Wildman–Crippen LogP) is -7.03. The number of carbonyl (C=O) groups is 1. The zero-order valence-electron chi connectivity index (χ0n) is 58.8. The molecule has 5 aliphatic carbocycles. The third kappa shape index (κ3) is 13.6. The van der Waals surface area contributed by atoms with Crippen molar-refractivity contribution in [1.29, 1.82) is 0 Å². The SMILES string of the molecule is C[C@@H]1O[C@@H](O[C@H]2[C@H](OC(=O)[C@]34CCC(C)(C)CC3C3=CCC5[C@@]6(C)C[C@H](O)[C@H](O[C@@H]7O[C@H](CO)[C@@H](O)[C@H](O[C@@H]8O[C@H](CO)[C@@H](O)[C@H](O)[C@H]8O)[C@H]7O)[C@@](C)(CO)C6CC[C@@]5(C)[C@]3(C)CC4)OC[C@H](O)[C@@H]2O)[C@H](O)[C@H](O[C@@H]2OC[C@](O)(CO)[C@H]2O)[C@H]1O[C@@H]1OC[C@@H](O)[C@H](O[C@@H]2OC[C@](O)(CO)[C@H]2O)[C@H]1O. The van der Waals surface area contributed by atoms with Crippen LogP contribution in [0.25, 0.3) is 0 Å². The third-order valence-corrected chi connectivity index (χ3v) is 26.5. The Balaban J connectivity index is 0.770. The molecule has 0 aromatic heterocycles. The van der Waals surface area contributed by atoms with Gasteiger partial charge in [0.2, 0.25) is 6.29 Å². The lowest BCUT2D eigenvalue weighted by molar-refractivity contribution is -0.383. The maximum Gasteiger partial charge on any atom is 0.315 e. The Hall–Kier alpha value is -2.11. The van der Waals surface area contributed by atoms with Crippen molar-refractivity contribution in [2.24, 2.45) is 50.2 Å². The molecule has 12 aliphatic rings. The van der Waals surface area contributed by atoms with Crippen LogP contribution >= 0.6 is 0 Å². The minimum Gasteiger partial charge on any atom is -0.432 e. The summed E-state index contributed by atoms with van der Waals surface area (Å²) in [6, 6.07) is 0. The van der Waals surface area contributed by atoms with Crippen molar-refractivity contribution in [1.82, 2.24) is 0 Å². The molecule has 12 rings (SSSR count). The molecule has 35 nitrogen and oxygen atoms in total. The van der Waals surface area contributed by atoms with E-state index >= 15 is 4.79 Å². The summed E-state index contributed by atoms with van der Waals surface area (Å²) in [4.78, 5) is 15.7. The molecule has 0 aromatic carbocycles. The molecule has 0 spiro atoms. The molecule has 4 saturated carbocycles. The van der Waals surface area contributed by atoms with Crippen LogP contribution in [-0.2, 0) is 71.1 Å². The summed E-state index contributed by atoms with van der Waals surface area (Å²) in [6.07, 6.45) is -43.4. The summed E-state index contributed by atoms with van der Waals surface area (Å²) < 4.78 is 83.7. The second-order valence-corrected chi connectivity index (χ2v) is 33.2. The number of esters is 1. The van der Waals surface area contributed by atoms with Crippen molar-refractivity contribution < 1.29 is 173 Å². The zero-order chi connectivity index (χ0) is 75.0. The van der Waals surface area contributed by atoms with Crippen LogP contribution in [0.5, 0.6) is 0 Å². The van der Waals surface area contributed by atoms with Gasteiger partial charge in [0.25, 0.3) is 0 Å². The van der Waals surface area contributed by atoms with Crippen LogP contribution in [0.4, 0.5) is 0 Å². The number of aliphatic hydroxyl groups is 20. The Morgan fingerprint density at radius 2 is 1.02 bits per heavy atom. The number of allylic oxidation sites excluding steroid dienone is 2. The summed E-state index contributed by atoms with van der Waals surface area (Å²) in [7, 11) is 0. The minimum absolute atomic E-state index is 0.140. The fraction of sp³-hybridized carbons (Fsp3) is 0.956. The Labute approximate surface area is 594 Å². The van der Waals surface area contributed by atoms with Crippen LogP contribution < -0.4 is 0 Å². The van der Waals surface area contributed by atoms with E-state index in [1.165, 1.54) is 6.92 Å². The first-order chi connectivity index (χ1) is 48.4. The first-order valence-corrected chi connectivity index (χ1v) is 36.0. The molecule has 35 heteroatoms. The van der Waals surface area contributed by atoms with Crippen LogP contribution in [0.15, 0.2) is 11.6 Å². The molecule has 592 valence electrons. The predicted molar refractivity (Wildman–Crippen MR) is 338 cm³/mol. The van der Waals surface area contributed by atoms with E-state index in [9.17, 15) is 102 Å². The number of hydrogen-bond donors (Lipinski definition) is 20. The summed E-state index contributed by atoms with van der Waals surface area (Å²) >= 11 is 0. The maximum atomic E-state index is 15.7. The van der Waals surface area contributed by atoms with E-state index in [4.69, 9.17) is 66.3 Å². The second kappa shape index (κ2) is 29.9. The van der Waals surface area contributed by atoms with Crippen molar-refractivity contribution in [2.75, 3.05) is 59.5 Å². The highest BCUT2D eigenvalue weighted by atomic mass is 16.8. The van der Waals surface area contributed by atoms with Crippen LogP contribution in [0, 0.1) is 50.2 Å². The van der Waals surface area contributed by atoms with Crippen LogP contribution in [-0.4, -0.2) is 357 Å². The molecule has 20 N–H and O–H groups in total. The van der Waals surface area contributed by atoms with Crippen LogP contribution in [0.1, 0.15) is 106 Å². The van der Waals surface area contributed by atoms with Gasteiger partial charge in [-0.1, -0.05) is 53.2 Å². The molecule has 0 radical (unpaired) electrons. The standard InChI is InChI=1S/C68H110O35/c1-27-45(97-53-42(82)46(32(76)21-90-53)98-58-50(85)67(88,23-72)25-92-58)48(100-59-51(86)68(89,24-73)26-93-59)44(84)55(94-27)101-49-37(77)31(75)20-91-57(49)103-60(87)66-14-12-61(2,3)16-29(66)28-8-9-36-62(4)17-30(74)52(63(5,22-71)35(62)10-11-65(36,7)64(28,6)13-15-66)102-56-43(83)47(39(79)34(19-70)96-56)99-54-41(81)40(80)38(78)33(18-69)95-54/h8,27,29-59,69-86,88-89H,9-26H2,1-7H3/t27-,29?,30-,31-,32+,33+,34+,35?,36?,37-,38+,39+,40-,41+,42+,43+,44+,45-,46-,47-,48-,49+,50-,51-,52-,53-,54-,55-,56-,57-,58-,59-,62-,63-,64+,65+,66-,67+,68+/m0/s1. The Morgan fingerprint density at radius 3 is 1.63 bits per heavy atom. The molecule has 7 saturated heterocycles. The van der Waals surface area contributed by atoms with E-state index in [-0.39, 0.29) is 23.7 Å². The minimum atomic E-state index is -2.24. The van der Waals surface area contributed by atoms with Gasteiger partial charge < -0.3 is 168 Å². The molecule has 11 fully saturated rings. The highest BCUT2D eigenvalue weighted by molar-refractivity contribution is 5.79. The van der Waals surface area contributed by atoms with Gasteiger partial charge in [0.1, 0.15) is 121 Å². The van der Waals surface area contributed by atoms with E-state index in [2.05, 4.69) is 40.7 Å². The van der Waals surface area contributed by atoms with Crippen molar-refractivity contribution in [3.05, 3.63) is 11.6 Å². The number of hydrogen-bond acceptors (Lipinski definition) is 35. The summed E-state index contributed by atoms with van der Waals surface area (Å²) in [5.74, 6) is -1.57. The largest absolute Gasteiger partial charge is 0.432 e. The number of ether oxygens (including phenoxy) is 14. The van der Waals surface area contributed by atoms with Gasteiger partial charge in [-0.25, -0.2) is 0 Å². The average molecular weight is 1490 g/mol. The van der Waals surface area contributed by atoms with Crippen LogP contribution in [0.3, 0.4) is 0 Å². The van der Waals surface area contributed by atoms with Gasteiger partial charge in [0.15, 0.2) is 43.8 Å². The lowest BCUT2D eigenvalue weighted by atomic mass is 9.33. The number of carbonyl (C=O) groups excluding carboxylic acids is 1. The fourth-order valence-corrected chi connectivity index (χ4v) is 20.0. The summed E-state index contributed by atoms with van der Waals surface area (Å²) in [5, 5.41) is 221. The maximum absolute atomic E-state index is 15.7. The normalized spacial score (nSPS) is 55.0. The molecular weight excluding hydrogens is 1380 g/mol. The number of fused-ring (bicyclic) bond motifs is 7. The quantitative estimate of drug-likeness (QED) is 0.0325. The van der Waals surface area contributed by atoms with Gasteiger partial charge in [0, 0.05) is 5.41 Å². The summed E-state index contributed by atoms with van der Waals surface area (Å²) in [6.45, 7) is 7.80. The van der Waals surface area contributed by atoms with E-state index in [0.717, 1.165) is 5.57 Å². The first-order valence-electron chi connectivity index (χ1n) is 36.0. The van der Waals surface area contributed by atoms with E-state index in [1.54, 1.807) is 6.92 Å². The Morgan fingerprint density at radius 1 is 0.485 bits per heavy atom. The van der Waals surface area contributed by atoms with Crippen molar-refractivity contribution in [2.45, 2.75) is 296 Å². The molecule has 0 bridgehead atoms. The van der Waals surface area contributed by atoms with Gasteiger partial charge in [-0.3, -0.25) is 4.79 Å². The van der Waals surface area contributed by atoms with Gasteiger partial charge in [0.05, 0.1) is 83.2 Å². The molecular formula is C68H110O35. The van der Waals surface area contributed by atoms with Crippen molar-refractivity contribution in [3.63, 3.8) is 0 Å². The highest BCUT2D eigenvalue weighted by Crippen LogP contribution is 2.76. The number of rotatable bonds is 19. The third-order valence-electron chi connectivity index (χ3n) is 26.5. The Bertz CT molecular complexity index is 2960. The van der Waals surface area contributed by atoms with E-state index in [1.807, 2.05) is 0 Å². The molecule has 0 aromatic rings. The monoisotopic (exact) mass is 1490 g/mol. The lowest BCUT2D eigenvalue weighted by Crippen LogP contribution is -2.70. The van der Waals surface area contributed by atoms with E-state index < -0.39 is 288 Å². The number of aliphatic hydroxyl groups excluding tert-OH is 18. The van der Waals surface area contributed by atoms with Gasteiger partial charge in [-0.15, -0.1) is 0 Å². The van der Waals surface area contributed by atoms with Gasteiger partial charge >= 0.3 is 5.97 Å². The zero-order valence-corrected chi connectivity index (χ0v) is 58.8. The highest BCUT2D eigenvalue weighted by Gasteiger charge is 2.72. The van der Waals surface area contributed by atoms with E-state index in [0.29, 0.717) is 51.4 Å². The van der Waals surface area contributed by atoms with Crippen LogP contribution in [0.2, 0.25) is 0 Å². The molecule has 103 heavy (non-hydrogen) atoms. The second-order valence-electron chi connectivity index (χ2n) is 33.2. The molecule has 0 amide bonds. The smallest absolute Gasteiger partial charge is 0.315 e. The lowest BCUT2D eigenvalue weighted by Gasteiger charge is -2.72. The first kappa shape index (κ1) is 80.4. The van der Waals surface area contributed by atoms with Crippen molar-refractivity contribution in [3.8, 4) is 0 Å². The van der Waals surface area contributed by atoms with Gasteiger partial charge in [-0.05, 0) is 104 Å². The molecule has 39 atom stereocenters.